The Morgan fingerprint density at radius 3 is 2.36 bits per heavy atom. The van der Waals surface area contributed by atoms with Crippen molar-refractivity contribution in [2.24, 2.45) is 0 Å². The van der Waals surface area contributed by atoms with Gasteiger partial charge >= 0.3 is 0 Å². The van der Waals surface area contributed by atoms with E-state index in [1.807, 2.05) is 6.92 Å². The van der Waals surface area contributed by atoms with Crippen LogP contribution in [0.2, 0.25) is 0 Å². The van der Waals surface area contributed by atoms with E-state index in [0.717, 1.165) is 5.57 Å². The van der Waals surface area contributed by atoms with Gasteiger partial charge in [0.2, 0.25) is 0 Å². The topological polar surface area (TPSA) is 37.3 Å². The lowest BCUT2D eigenvalue weighted by molar-refractivity contribution is -0.107. The predicted octanol–water partition coefficient (Wildman–Crippen LogP) is 2.15. The normalized spacial score (nSPS) is 13.8. The van der Waals surface area contributed by atoms with Crippen molar-refractivity contribution in [1.82, 2.24) is 0 Å². The molecule has 0 saturated carbocycles. The third kappa shape index (κ3) is 2.42. The Labute approximate surface area is 66.5 Å². The third-order valence-electron chi connectivity index (χ3n) is 1.45. The van der Waals surface area contributed by atoms with E-state index in [1.54, 1.807) is 13.0 Å². The maximum absolute atomic E-state index is 10.1. The number of allylic oxidation sites excluding steroid dienone is 5. The molecule has 0 aromatic heterocycles. The van der Waals surface area contributed by atoms with Gasteiger partial charge < -0.3 is 5.11 Å². The van der Waals surface area contributed by atoms with Crippen molar-refractivity contribution in [3.8, 4) is 0 Å². The highest BCUT2D eigenvalue weighted by Gasteiger charge is 2.00. The number of hydrogen-bond acceptors (Lipinski definition) is 2. The molecule has 2 nitrogen and oxygen atoms in total. The van der Waals surface area contributed by atoms with Gasteiger partial charge in [-0.15, -0.1) is 0 Å². The Bertz CT molecular complexity index is 222. The fraction of sp³-hybridized carbons (Fsp3) is 0.222. The van der Waals surface area contributed by atoms with E-state index >= 15 is 0 Å². The van der Waals surface area contributed by atoms with Crippen LogP contribution in [0.25, 0.3) is 0 Å². The van der Waals surface area contributed by atoms with Crippen LogP contribution in [0.1, 0.15) is 13.8 Å². The van der Waals surface area contributed by atoms with Crippen molar-refractivity contribution in [2.75, 3.05) is 0 Å². The first-order valence-electron chi connectivity index (χ1n) is 3.31. The molecular formula is C9H12O2. The molecule has 0 aromatic rings. The van der Waals surface area contributed by atoms with Crippen molar-refractivity contribution in [3.63, 3.8) is 0 Å². The van der Waals surface area contributed by atoms with Crippen molar-refractivity contribution < 1.29 is 9.90 Å². The fourth-order valence-corrected chi connectivity index (χ4v) is 0.687. The highest BCUT2D eigenvalue weighted by Crippen LogP contribution is 2.12. The summed E-state index contributed by atoms with van der Waals surface area (Å²) < 4.78 is 0. The van der Waals surface area contributed by atoms with Crippen molar-refractivity contribution in [3.05, 3.63) is 35.6 Å². The summed E-state index contributed by atoms with van der Waals surface area (Å²) in [4.78, 5) is 10.1. The largest absolute Gasteiger partial charge is 0.504 e. The summed E-state index contributed by atoms with van der Waals surface area (Å²) in [5.74, 6) is -0.268. The minimum Gasteiger partial charge on any atom is -0.504 e. The highest BCUT2D eigenvalue weighted by atomic mass is 16.3. The molecular weight excluding hydrogens is 140 g/mol. The molecule has 0 aliphatic rings. The van der Waals surface area contributed by atoms with Gasteiger partial charge in [0.15, 0.2) is 12.0 Å². The maximum Gasteiger partial charge on any atom is 0.185 e. The zero-order valence-electron chi connectivity index (χ0n) is 6.79. The van der Waals surface area contributed by atoms with E-state index in [9.17, 15) is 4.79 Å². The molecule has 0 radical (unpaired) electrons. The molecule has 60 valence electrons. The summed E-state index contributed by atoms with van der Waals surface area (Å²) in [7, 11) is 0. The number of hydrogen-bond donors (Lipinski definition) is 1. The van der Waals surface area contributed by atoms with E-state index in [1.165, 1.54) is 6.08 Å². The van der Waals surface area contributed by atoms with Gasteiger partial charge in [0.05, 0.1) is 0 Å². The molecule has 2 heteroatoms. The van der Waals surface area contributed by atoms with Gasteiger partial charge in [0.1, 0.15) is 0 Å². The van der Waals surface area contributed by atoms with E-state index < -0.39 is 0 Å². The van der Waals surface area contributed by atoms with E-state index in [4.69, 9.17) is 5.11 Å². The second-order valence-electron chi connectivity index (χ2n) is 2.09. The first-order chi connectivity index (χ1) is 5.17. The summed E-state index contributed by atoms with van der Waals surface area (Å²) >= 11 is 0. The fourth-order valence-electron chi connectivity index (χ4n) is 0.687. The molecule has 0 saturated heterocycles. The highest BCUT2D eigenvalue weighted by molar-refractivity contribution is 5.74. The van der Waals surface area contributed by atoms with Crippen LogP contribution in [0.4, 0.5) is 0 Å². The Morgan fingerprint density at radius 2 is 2.09 bits per heavy atom. The molecule has 0 aliphatic carbocycles. The van der Waals surface area contributed by atoms with E-state index in [0.29, 0.717) is 11.9 Å². The quantitative estimate of drug-likeness (QED) is 0.291. The molecule has 0 rings (SSSR count). The number of rotatable bonds is 3. The smallest absolute Gasteiger partial charge is 0.185 e. The Morgan fingerprint density at radius 1 is 1.55 bits per heavy atom. The predicted molar refractivity (Wildman–Crippen MR) is 45.3 cm³/mol. The summed E-state index contributed by atoms with van der Waals surface area (Å²) in [6.45, 7) is 7.11. The molecule has 0 bridgehead atoms. The van der Waals surface area contributed by atoms with Crippen LogP contribution < -0.4 is 0 Å². The van der Waals surface area contributed by atoms with Gasteiger partial charge in [0.25, 0.3) is 0 Å². The average Bonchev–Trinajstić information content (AvgIpc) is 2.05. The second-order valence-corrected chi connectivity index (χ2v) is 2.09. The van der Waals surface area contributed by atoms with Crippen LogP contribution in [0.5, 0.6) is 0 Å². The lowest BCUT2D eigenvalue weighted by Crippen LogP contribution is -1.91. The SMILES string of the molecule is C=CC(/C(C)=C\C)=C(\O)C=O. The molecule has 0 unspecified atom stereocenters. The molecule has 0 fully saturated rings. The van der Waals surface area contributed by atoms with Crippen molar-refractivity contribution in [2.45, 2.75) is 13.8 Å². The number of carbonyl (C=O) groups excluding carboxylic acids is 1. The minimum absolute atomic E-state index is 0.268. The standard InChI is InChI=1S/C9H12O2/c1-4-7(3)8(5-2)9(11)6-10/h4-6,11H,2H2,1,3H3/b7-4-,9-8+. The zero-order valence-corrected chi connectivity index (χ0v) is 6.79. The number of aldehydes is 1. The van der Waals surface area contributed by atoms with Gasteiger partial charge in [-0.2, -0.15) is 0 Å². The van der Waals surface area contributed by atoms with Gasteiger partial charge in [-0.1, -0.05) is 18.7 Å². The molecule has 0 aromatic carbocycles. The molecule has 11 heavy (non-hydrogen) atoms. The van der Waals surface area contributed by atoms with Crippen LogP contribution in [0.3, 0.4) is 0 Å². The first kappa shape index (κ1) is 9.69. The maximum atomic E-state index is 10.1. The number of aliphatic hydroxyl groups is 1. The zero-order chi connectivity index (χ0) is 8.85. The minimum atomic E-state index is -0.268. The van der Waals surface area contributed by atoms with Crippen LogP contribution in [0.15, 0.2) is 35.6 Å². The summed E-state index contributed by atoms with van der Waals surface area (Å²) in [6, 6.07) is 0. The molecule has 1 N–H and O–H groups in total. The molecule has 0 amide bonds. The number of carbonyl (C=O) groups is 1. The Kier molecular flexibility index (Phi) is 3.96. The van der Waals surface area contributed by atoms with Crippen molar-refractivity contribution >= 4 is 6.29 Å². The van der Waals surface area contributed by atoms with Crippen LogP contribution >= 0.6 is 0 Å². The molecule has 0 aliphatic heterocycles. The van der Waals surface area contributed by atoms with Gasteiger partial charge in [-0.3, -0.25) is 4.79 Å². The van der Waals surface area contributed by atoms with Crippen molar-refractivity contribution in [1.29, 1.82) is 0 Å². The van der Waals surface area contributed by atoms with Crippen LogP contribution in [-0.4, -0.2) is 11.4 Å². The molecule has 0 heterocycles. The third-order valence-corrected chi connectivity index (χ3v) is 1.45. The van der Waals surface area contributed by atoms with Crippen LogP contribution in [-0.2, 0) is 4.79 Å². The summed E-state index contributed by atoms with van der Waals surface area (Å²) in [6.07, 6.45) is 3.67. The lowest BCUT2D eigenvalue weighted by Gasteiger charge is -2.00. The summed E-state index contributed by atoms with van der Waals surface area (Å²) in [5, 5.41) is 9.02. The second kappa shape index (κ2) is 4.50. The average molecular weight is 152 g/mol. The summed E-state index contributed by atoms with van der Waals surface area (Å²) in [5.41, 5.74) is 1.33. The number of aliphatic hydroxyl groups excluding tert-OH is 1. The van der Waals surface area contributed by atoms with E-state index in [-0.39, 0.29) is 5.76 Å². The van der Waals surface area contributed by atoms with Gasteiger partial charge in [0, 0.05) is 5.57 Å². The van der Waals surface area contributed by atoms with Crippen LogP contribution in [0, 0.1) is 0 Å². The Balaban J connectivity index is 4.95. The monoisotopic (exact) mass is 152 g/mol. The van der Waals surface area contributed by atoms with Gasteiger partial charge in [-0.25, -0.2) is 0 Å². The molecule has 0 atom stereocenters. The molecule has 0 spiro atoms. The first-order valence-corrected chi connectivity index (χ1v) is 3.31. The lowest BCUT2D eigenvalue weighted by atomic mass is 10.1. The van der Waals surface area contributed by atoms with Gasteiger partial charge in [-0.05, 0) is 19.4 Å². The Hall–Kier alpha value is -1.31. The van der Waals surface area contributed by atoms with E-state index in [2.05, 4.69) is 6.58 Å².